The van der Waals surface area contributed by atoms with Gasteiger partial charge in [0.15, 0.2) is 15.8 Å². The summed E-state index contributed by atoms with van der Waals surface area (Å²) in [6.07, 6.45) is -3.67. The minimum atomic E-state index is -4.72. The van der Waals surface area contributed by atoms with Crippen LogP contribution in [0.3, 0.4) is 0 Å². The number of nitrogens with zero attached hydrogens (tertiary/aromatic N) is 1. The summed E-state index contributed by atoms with van der Waals surface area (Å²) in [7, 11) is -1.98. The van der Waals surface area contributed by atoms with Gasteiger partial charge in [0.05, 0.1) is 11.3 Å². The van der Waals surface area contributed by atoms with Crippen LogP contribution in [0, 0.1) is 11.6 Å². The molecule has 0 fully saturated rings. The van der Waals surface area contributed by atoms with Crippen molar-refractivity contribution in [1.29, 1.82) is 0 Å². The summed E-state index contributed by atoms with van der Waals surface area (Å²) >= 11 is 0. The van der Waals surface area contributed by atoms with Crippen molar-refractivity contribution in [3.8, 4) is 0 Å². The van der Waals surface area contributed by atoms with Crippen molar-refractivity contribution in [2.45, 2.75) is 25.0 Å². The lowest BCUT2D eigenvalue weighted by Crippen LogP contribution is -2.37. The summed E-state index contributed by atoms with van der Waals surface area (Å²) in [5.41, 5.74) is -0.540. The maximum Gasteiger partial charge on any atom is 0.416 e. The molecular formula is C19H20F5N3O2S. The van der Waals surface area contributed by atoms with Crippen molar-refractivity contribution in [1.82, 2.24) is 10.6 Å². The molecule has 0 unspecified atom stereocenters. The summed E-state index contributed by atoms with van der Waals surface area (Å²) < 4.78 is 89.2. The number of hydrogen-bond donors (Lipinski definition) is 2. The number of alkyl halides is 3. The van der Waals surface area contributed by atoms with E-state index in [1.165, 1.54) is 19.2 Å². The Labute approximate surface area is 170 Å². The highest BCUT2D eigenvalue weighted by Gasteiger charge is 2.33. The Kier molecular flexibility index (Phi) is 7.40. The smallest absolute Gasteiger partial charge is 0.352 e. The number of guanidine groups is 1. The van der Waals surface area contributed by atoms with E-state index >= 15 is 0 Å². The molecule has 0 saturated carbocycles. The largest absolute Gasteiger partial charge is 0.416 e. The predicted molar refractivity (Wildman–Crippen MR) is 103 cm³/mol. The molecule has 164 valence electrons. The van der Waals surface area contributed by atoms with Gasteiger partial charge in [-0.1, -0.05) is 12.1 Å². The van der Waals surface area contributed by atoms with Crippen molar-refractivity contribution in [3.05, 3.63) is 70.3 Å². The molecule has 0 aliphatic rings. The van der Waals surface area contributed by atoms with E-state index in [0.29, 0.717) is 17.2 Å². The summed E-state index contributed by atoms with van der Waals surface area (Å²) in [5, 5.41) is 5.48. The number of nitrogens with one attached hydrogen (secondary N) is 2. The fourth-order valence-corrected chi connectivity index (χ4v) is 3.57. The van der Waals surface area contributed by atoms with Crippen molar-refractivity contribution in [2.24, 2.45) is 4.99 Å². The summed E-state index contributed by atoms with van der Waals surface area (Å²) in [4.78, 5) is 3.88. The van der Waals surface area contributed by atoms with Gasteiger partial charge in [0.1, 0.15) is 11.6 Å². The number of halogens is 5. The minimum absolute atomic E-state index is 0.0160. The second kappa shape index (κ2) is 9.41. The fourth-order valence-electron chi connectivity index (χ4n) is 2.73. The van der Waals surface area contributed by atoms with E-state index in [1.807, 2.05) is 0 Å². The molecule has 2 N–H and O–H groups in total. The molecule has 0 radical (unpaired) electrons. The Hall–Kier alpha value is -2.69. The first-order valence-corrected chi connectivity index (χ1v) is 10.7. The Balaban J connectivity index is 2.11. The molecular weight excluding hydrogens is 429 g/mol. The van der Waals surface area contributed by atoms with E-state index in [1.54, 1.807) is 0 Å². The van der Waals surface area contributed by atoms with E-state index in [2.05, 4.69) is 15.6 Å². The van der Waals surface area contributed by atoms with Gasteiger partial charge in [-0.2, -0.15) is 13.2 Å². The Morgan fingerprint density at radius 3 is 2.00 bits per heavy atom. The van der Waals surface area contributed by atoms with Crippen molar-refractivity contribution in [3.63, 3.8) is 0 Å². The third-order valence-electron chi connectivity index (χ3n) is 4.08. The van der Waals surface area contributed by atoms with Crippen LogP contribution < -0.4 is 10.6 Å². The lowest BCUT2D eigenvalue weighted by molar-refractivity contribution is -0.138. The number of hydrogen-bond acceptors (Lipinski definition) is 3. The number of rotatable bonds is 6. The predicted octanol–water partition coefficient (Wildman–Crippen LogP) is 3.39. The van der Waals surface area contributed by atoms with Crippen molar-refractivity contribution < 1.29 is 30.4 Å². The van der Waals surface area contributed by atoms with Crippen LogP contribution >= 0.6 is 0 Å². The second-order valence-corrected chi connectivity index (χ2v) is 8.70. The first-order valence-electron chi connectivity index (χ1n) is 8.64. The molecule has 2 rings (SSSR count). The zero-order chi connectivity index (χ0) is 22.5. The first kappa shape index (κ1) is 23.6. The van der Waals surface area contributed by atoms with Crippen molar-refractivity contribution in [2.75, 3.05) is 13.3 Å². The van der Waals surface area contributed by atoms with E-state index in [-0.39, 0.29) is 30.4 Å². The topological polar surface area (TPSA) is 70.6 Å². The molecule has 0 amide bonds. The van der Waals surface area contributed by atoms with Crippen LogP contribution in [-0.4, -0.2) is 27.7 Å². The van der Waals surface area contributed by atoms with Crippen LogP contribution in [-0.2, 0) is 34.9 Å². The van der Waals surface area contributed by atoms with Gasteiger partial charge in [-0.05, 0) is 41.0 Å². The van der Waals surface area contributed by atoms with Gasteiger partial charge in [-0.3, -0.25) is 4.99 Å². The normalized spacial score (nSPS) is 12.7. The highest BCUT2D eigenvalue weighted by Crippen LogP contribution is 2.32. The highest BCUT2D eigenvalue weighted by atomic mass is 32.2. The molecule has 0 aromatic heterocycles. The van der Waals surface area contributed by atoms with Crippen LogP contribution in [0.5, 0.6) is 0 Å². The molecule has 11 heteroatoms. The van der Waals surface area contributed by atoms with E-state index in [9.17, 15) is 30.4 Å². The van der Waals surface area contributed by atoms with Crippen LogP contribution in [0.25, 0.3) is 0 Å². The Bertz CT molecular complexity index is 1040. The average molecular weight is 449 g/mol. The molecule has 5 nitrogen and oxygen atoms in total. The minimum Gasteiger partial charge on any atom is -0.352 e. The highest BCUT2D eigenvalue weighted by molar-refractivity contribution is 7.89. The van der Waals surface area contributed by atoms with Gasteiger partial charge in [-0.15, -0.1) is 0 Å². The van der Waals surface area contributed by atoms with Crippen LogP contribution in [0.2, 0.25) is 0 Å². The van der Waals surface area contributed by atoms with Crippen molar-refractivity contribution >= 4 is 15.8 Å². The Morgan fingerprint density at radius 1 is 0.933 bits per heavy atom. The molecule has 0 heterocycles. The molecule has 0 atom stereocenters. The molecule has 0 bridgehead atoms. The summed E-state index contributed by atoms with van der Waals surface area (Å²) in [6, 6.07) is 6.03. The quantitative estimate of drug-likeness (QED) is 0.403. The third-order valence-corrected chi connectivity index (χ3v) is 4.91. The van der Waals surface area contributed by atoms with E-state index in [0.717, 1.165) is 24.5 Å². The van der Waals surface area contributed by atoms with Crippen LogP contribution in [0.4, 0.5) is 22.0 Å². The van der Waals surface area contributed by atoms with Gasteiger partial charge in [0, 0.05) is 26.4 Å². The maximum absolute atomic E-state index is 13.6. The average Bonchev–Trinajstić information content (AvgIpc) is 2.63. The lowest BCUT2D eigenvalue weighted by atomic mass is 10.1. The fraction of sp³-hybridized carbons (Fsp3) is 0.316. The second-order valence-electron chi connectivity index (χ2n) is 6.56. The van der Waals surface area contributed by atoms with E-state index < -0.39 is 33.2 Å². The molecule has 2 aromatic rings. The van der Waals surface area contributed by atoms with Gasteiger partial charge < -0.3 is 10.6 Å². The Morgan fingerprint density at radius 2 is 1.47 bits per heavy atom. The number of aliphatic imine (C=N–C) groups is 1. The SMILES string of the molecule is CN=C(NCc1cc(F)ccc1CS(C)(=O)=O)NCc1ccc(F)cc1C(F)(F)F. The van der Waals surface area contributed by atoms with Gasteiger partial charge in [-0.25, -0.2) is 17.2 Å². The third kappa shape index (κ3) is 6.97. The van der Waals surface area contributed by atoms with Gasteiger partial charge in [0.25, 0.3) is 0 Å². The van der Waals surface area contributed by atoms with Gasteiger partial charge in [0.2, 0.25) is 0 Å². The molecule has 0 aliphatic carbocycles. The van der Waals surface area contributed by atoms with Crippen LogP contribution in [0.15, 0.2) is 41.4 Å². The zero-order valence-electron chi connectivity index (χ0n) is 16.1. The number of benzene rings is 2. The summed E-state index contributed by atoms with van der Waals surface area (Å²) in [5.74, 6) is -1.76. The lowest BCUT2D eigenvalue weighted by Gasteiger charge is -2.17. The molecule has 0 saturated heterocycles. The van der Waals surface area contributed by atoms with Crippen LogP contribution in [0.1, 0.15) is 22.3 Å². The molecule has 2 aromatic carbocycles. The van der Waals surface area contributed by atoms with E-state index in [4.69, 9.17) is 0 Å². The number of sulfone groups is 1. The molecule has 30 heavy (non-hydrogen) atoms. The maximum atomic E-state index is 13.6. The molecule has 0 aliphatic heterocycles. The zero-order valence-corrected chi connectivity index (χ0v) is 17.0. The first-order chi connectivity index (χ1) is 13.9. The standard InChI is InChI=1S/C19H20F5N3O2S/c1-25-18(26-9-12-3-5-16(21)8-17(12)19(22,23)24)27-10-14-7-15(20)6-4-13(14)11-30(2,28)29/h3-8H,9-11H2,1-2H3,(H2,25,26,27). The monoisotopic (exact) mass is 449 g/mol. The van der Waals surface area contributed by atoms with Gasteiger partial charge >= 0.3 is 6.18 Å². The molecule has 0 spiro atoms. The summed E-state index contributed by atoms with van der Waals surface area (Å²) in [6.45, 7) is -0.314.